The molecule has 0 aromatic carbocycles. The summed E-state index contributed by atoms with van der Waals surface area (Å²) in [5.41, 5.74) is 0.283. The third kappa shape index (κ3) is 10.2. The highest BCUT2D eigenvalue weighted by atomic mass is 14.9. The lowest BCUT2D eigenvalue weighted by atomic mass is 9.94. The number of hydrogen-bond donors (Lipinski definition) is 1. The molecule has 0 fully saturated rings. The fourth-order valence-corrected chi connectivity index (χ4v) is 1.90. The zero-order valence-electron chi connectivity index (χ0n) is 11.5. The van der Waals surface area contributed by atoms with Crippen LogP contribution in [0.15, 0.2) is 0 Å². The van der Waals surface area contributed by atoms with Gasteiger partial charge in [0.05, 0.1) is 0 Å². The summed E-state index contributed by atoms with van der Waals surface area (Å²) in [4.78, 5) is 0. The average Bonchev–Trinajstić information content (AvgIpc) is 2.15. The third-order valence-electron chi connectivity index (χ3n) is 2.99. The predicted molar refractivity (Wildman–Crippen MR) is 70.3 cm³/mol. The van der Waals surface area contributed by atoms with Gasteiger partial charge in [-0.3, -0.25) is 0 Å². The highest BCUT2D eigenvalue weighted by Crippen LogP contribution is 2.18. The van der Waals surface area contributed by atoms with Crippen molar-refractivity contribution in [1.82, 2.24) is 5.32 Å². The van der Waals surface area contributed by atoms with Crippen molar-refractivity contribution in [2.24, 2.45) is 5.92 Å². The lowest BCUT2D eigenvalue weighted by Crippen LogP contribution is -2.36. The smallest absolute Gasteiger partial charge is 0.00965 e. The second kappa shape index (κ2) is 8.15. The van der Waals surface area contributed by atoms with Crippen molar-refractivity contribution in [3.63, 3.8) is 0 Å². The molecule has 0 rings (SSSR count). The zero-order chi connectivity index (χ0) is 11.7. The molecule has 0 saturated carbocycles. The molecule has 0 aliphatic rings. The van der Waals surface area contributed by atoms with E-state index in [-0.39, 0.29) is 5.54 Å². The minimum absolute atomic E-state index is 0.283. The van der Waals surface area contributed by atoms with E-state index in [0.29, 0.717) is 0 Å². The molecule has 1 atom stereocenters. The molecule has 0 amide bonds. The summed E-state index contributed by atoms with van der Waals surface area (Å²) in [6, 6.07) is 0. The average molecular weight is 213 g/mol. The summed E-state index contributed by atoms with van der Waals surface area (Å²) in [5.74, 6) is 0.965. The quantitative estimate of drug-likeness (QED) is 0.590. The van der Waals surface area contributed by atoms with Crippen molar-refractivity contribution in [1.29, 1.82) is 0 Å². The van der Waals surface area contributed by atoms with Crippen molar-refractivity contribution in [2.45, 2.75) is 78.7 Å². The molecule has 1 unspecified atom stereocenters. The van der Waals surface area contributed by atoms with Gasteiger partial charge < -0.3 is 5.32 Å². The van der Waals surface area contributed by atoms with E-state index < -0.39 is 0 Å². The minimum Gasteiger partial charge on any atom is -0.312 e. The Morgan fingerprint density at radius 1 is 1.00 bits per heavy atom. The Labute approximate surface area is 97.0 Å². The number of nitrogens with one attached hydrogen (secondary N) is 1. The molecule has 1 N–H and O–H groups in total. The molecule has 0 radical (unpaired) electrons. The van der Waals surface area contributed by atoms with E-state index in [9.17, 15) is 0 Å². The van der Waals surface area contributed by atoms with Crippen molar-refractivity contribution < 1.29 is 0 Å². The largest absolute Gasteiger partial charge is 0.312 e. The van der Waals surface area contributed by atoms with Gasteiger partial charge in [-0.1, -0.05) is 39.5 Å². The summed E-state index contributed by atoms with van der Waals surface area (Å²) < 4.78 is 0. The first-order valence-electron chi connectivity index (χ1n) is 6.74. The van der Waals surface area contributed by atoms with Crippen LogP contribution in [0.3, 0.4) is 0 Å². The van der Waals surface area contributed by atoms with Crippen LogP contribution in [0.4, 0.5) is 0 Å². The third-order valence-corrected chi connectivity index (χ3v) is 2.99. The number of hydrogen-bond acceptors (Lipinski definition) is 1. The van der Waals surface area contributed by atoms with Crippen molar-refractivity contribution in [3.05, 3.63) is 0 Å². The molecule has 0 saturated heterocycles. The summed E-state index contributed by atoms with van der Waals surface area (Å²) in [6.07, 6.45) is 8.28. The van der Waals surface area contributed by atoms with Gasteiger partial charge in [-0.25, -0.2) is 0 Å². The van der Waals surface area contributed by atoms with Gasteiger partial charge in [-0.15, -0.1) is 0 Å². The van der Waals surface area contributed by atoms with Crippen molar-refractivity contribution in [3.8, 4) is 0 Å². The van der Waals surface area contributed by atoms with Crippen LogP contribution in [0.25, 0.3) is 0 Å². The monoisotopic (exact) mass is 213 g/mol. The molecule has 15 heavy (non-hydrogen) atoms. The molecular weight excluding hydrogens is 182 g/mol. The Bertz CT molecular complexity index is 135. The van der Waals surface area contributed by atoms with Gasteiger partial charge in [0.15, 0.2) is 0 Å². The molecule has 0 aliphatic heterocycles. The Morgan fingerprint density at radius 2 is 1.60 bits per heavy atom. The van der Waals surface area contributed by atoms with Crippen LogP contribution in [-0.2, 0) is 0 Å². The summed E-state index contributed by atoms with van der Waals surface area (Å²) in [7, 11) is 0. The highest BCUT2D eigenvalue weighted by Gasteiger charge is 2.09. The first kappa shape index (κ1) is 15.0. The second-order valence-electron chi connectivity index (χ2n) is 5.74. The molecule has 0 aromatic rings. The Morgan fingerprint density at radius 3 is 2.07 bits per heavy atom. The molecule has 1 nitrogen and oxygen atoms in total. The number of unbranched alkanes of at least 4 members (excludes halogenated alkanes) is 1. The molecule has 1 heteroatoms. The van der Waals surface area contributed by atoms with E-state index in [0.717, 1.165) is 5.92 Å². The van der Waals surface area contributed by atoms with Crippen LogP contribution in [0, 0.1) is 5.92 Å². The van der Waals surface area contributed by atoms with Crippen LogP contribution in [0.1, 0.15) is 73.1 Å². The predicted octanol–water partition coefficient (Wildman–Crippen LogP) is 4.37. The van der Waals surface area contributed by atoms with Crippen molar-refractivity contribution in [2.75, 3.05) is 6.54 Å². The molecule has 0 spiro atoms. The van der Waals surface area contributed by atoms with Crippen molar-refractivity contribution >= 4 is 0 Å². The molecule has 0 aliphatic carbocycles. The normalized spacial score (nSPS) is 14.2. The first-order chi connectivity index (χ1) is 6.99. The first-order valence-corrected chi connectivity index (χ1v) is 6.74. The standard InChI is InChI=1S/C14H31N/c1-6-8-10-13(7-2)11-9-12-15-14(3,4)5/h13,15H,6-12H2,1-5H3. The van der Waals surface area contributed by atoms with Crippen LogP contribution in [-0.4, -0.2) is 12.1 Å². The zero-order valence-corrected chi connectivity index (χ0v) is 11.5. The van der Waals surface area contributed by atoms with Crippen LogP contribution < -0.4 is 5.32 Å². The lowest BCUT2D eigenvalue weighted by molar-refractivity contribution is 0.373. The van der Waals surface area contributed by atoms with E-state index in [4.69, 9.17) is 0 Å². The maximum Gasteiger partial charge on any atom is 0.00965 e. The maximum atomic E-state index is 3.56. The van der Waals surface area contributed by atoms with E-state index in [1.165, 1.54) is 45.1 Å². The highest BCUT2D eigenvalue weighted by molar-refractivity contribution is 4.70. The fraction of sp³-hybridized carbons (Fsp3) is 1.00. The summed E-state index contributed by atoms with van der Waals surface area (Å²) >= 11 is 0. The van der Waals surface area contributed by atoms with Gasteiger partial charge in [-0.05, 0) is 46.1 Å². The topological polar surface area (TPSA) is 12.0 Å². The summed E-state index contributed by atoms with van der Waals surface area (Å²) in [6.45, 7) is 12.5. The molecular formula is C14H31N. The van der Waals surface area contributed by atoms with E-state index in [2.05, 4.69) is 39.9 Å². The minimum atomic E-state index is 0.283. The van der Waals surface area contributed by atoms with Gasteiger partial charge in [0.2, 0.25) is 0 Å². The van der Waals surface area contributed by atoms with Gasteiger partial charge in [0.1, 0.15) is 0 Å². The van der Waals surface area contributed by atoms with Gasteiger partial charge in [0.25, 0.3) is 0 Å². The Balaban J connectivity index is 3.46. The SMILES string of the molecule is CCCCC(CC)CCCNC(C)(C)C. The van der Waals surface area contributed by atoms with Crippen LogP contribution in [0.5, 0.6) is 0 Å². The van der Waals surface area contributed by atoms with E-state index in [1.807, 2.05) is 0 Å². The van der Waals surface area contributed by atoms with E-state index >= 15 is 0 Å². The van der Waals surface area contributed by atoms with Crippen LogP contribution >= 0.6 is 0 Å². The molecule has 0 bridgehead atoms. The lowest BCUT2D eigenvalue weighted by Gasteiger charge is -2.21. The fourth-order valence-electron chi connectivity index (χ4n) is 1.90. The maximum absolute atomic E-state index is 3.56. The molecule has 92 valence electrons. The molecule has 0 aromatic heterocycles. The summed E-state index contributed by atoms with van der Waals surface area (Å²) in [5, 5.41) is 3.56. The number of rotatable bonds is 8. The molecule has 0 heterocycles. The second-order valence-corrected chi connectivity index (χ2v) is 5.74. The van der Waals surface area contributed by atoms with Gasteiger partial charge in [-0.2, -0.15) is 0 Å². The van der Waals surface area contributed by atoms with Gasteiger partial charge in [0, 0.05) is 5.54 Å². The Kier molecular flexibility index (Phi) is 8.13. The van der Waals surface area contributed by atoms with Gasteiger partial charge >= 0.3 is 0 Å². The Hall–Kier alpha value is -0.0400. The van der Waals surface area contributed by atoms with Crippen LogP contribution in [0.2, 0.25) is 0 Å². The van der Waals surface area contributed by atoms with E-state index in [1.54, 1.807) is 0 Å².